The standard InChI is InChI=1S/C9H13BrClN3/c1-6(4-11)14(3)9-12-5-8(10)7(2)13-9/h5-6H,4H2,1-3H3. The average Bonchev–Trinajstić information content (AvgIpc) is 2.20. The highest BCUT2D eigenvalue weighted by atomic mass is 79.9. The Morgan fingerprint density at radius 3 is 2.79 bits per heavy atom. The van der Waals surface area contributed by atoms with Gasteiger partial charge in [0, 0.05) is 25.2 Å². The van der Waals surface area contributed by atoms with Gasteiger partial charge in [0.25, 0.3) is 0 Å². The quantitative estimate of drug-likeness (QED) is 0.796. The Labute approximate surface area is 97.6 Å². The van der Waals surface area contributed by atoms with E-state index in [1.807, 2.05) is 25.8 Å². The van der Waals surface area contributed by atoms with Crippen LogP contribution < -0.4 is 4.90 Å². The second-order valence-corrected chi connectivity index (χ2v) is 4.38. The van der Waals surface area contributed by atoms with Gasteiger partial charge in [0.05, 0.1) is 10.2 Å². The first-order valence-electron chi connectivity index (χ1n) is 4.34. The van der Waals surface area contributed by atoms with Crippen LogP contribution in [-0.4, -0.2) is 28.9 Å². The molecule has 1 rings (SSSR count). The highest BCUT2D eigenvalue weighted by Crippen LogP contribution is 2.16. The summed E-state index contributed by atoms with van der Waals surface area (Å²) in [5.41, 5.74) is 0.934. The number of rotatable bonds is 3. The van der Waals surface area contributed by atoms with Gasteiger partial charge in [0.2, 0.25) is 5.95 Å². The highest BCUT2D eigenvalue weighted by molar-refractivity contribution is 9.10. The topological polar surface area (TPSA) is 29.0 Å². The Balaban J connectivity index is 2.91. The third kappa shape index (κ3) is 2.58. The molecule has 0 bridgehead atoms. The smallest absolute Gasteiger partial charge is 0.225 e. The van der Waals surface area contributed by atoms with Crippen LogP contribution >= 0.6 is 27.5 Å². The zero-order valence-electron chi connectivity index (χ0n) is 8.46. The van der Waals surface area contributed by atoms with E-state index in [9.17, 15) is 0 Å². The van der Waals surface area contributed by atoms with Gasteiger partial charge in [-0.15, -0.1) is 11.6 Å². The van der Waals surface area contributed by atoms with Crippen molar-refractivity contribution in [3.8, 4) is 0 Å². The predicted octanol–water partition coefficient (Wildman–Crippen LogP) is 2.61. The van der Waals surface area contributed by atoms with Gasteiger partial charge in [0.15, 0.2) is 0 Å². The molecule has 1 atom stereocenters. The Hall–Kier alpha value is -0.350. The average molecular weight is 279 g/mol. The molecule has 0 saturated heterocycles. The molecule has 0 amide bonds. The van der Waals surface area contributed by atoms with Crippen molar-refractivity contribution < 1.29 is 0 Å². The minimum absolute atomic E-state index is 0.234. The van der Waals surface area contributed by atoms with E-state index in [1.165, 1.54) is 0 Å². The maximum Gasteiger partial charge on any atom is 0.225 e. The van der Waals surface area contributed by atoms with Crippen molar-refractivity contribution in [1.29, 1.82) is 0 Å². The van der Waals surface area contributed by atoms with Crippen LogP contribution in [0.25, 0.3) is 0 Å². The Morgan fingerprint density at radius 1 is 1.64 bits per heavy atom. The Kier molecular flexibility index (Phi) is 4.13. The lowest BCUT2D eigenvalue weighted by atomic mass is 10.3. The van der Waals surface area contributed by atoms with Crippen molar-refractivity contribution in [2.75, 3.05) is 17.8 Å². The molecule has 78 valence electrons. The third-order valence-corrected chi connectivity index (χ3v) is 3.33. The molecule has 0 aliphatic rings. The van der Waals surface area contributed by atoms with Crippen LogP contribution in [0.5, 0.6) is 0 Å². The zero-order chi connectivity index (χ0) is 10.7. The number of hydrogen-bond acceptors (Lipinski definition) is 3. The lowest BCUT2D eigenvalue weighted by Gasteiger charge is -2.23. The maximum absolute atomic E-state index is 5.76. The minimum atomic E-state index is 0.234. The van der Waals surface area contributed by atoms with Crippen LogP contribution in [0.4, 0.5) is 5.95 Å². The zero-order valence-corrected chi connectivity index (χ0v) is 10.8. The number of aryl methyl sites for hydroxylation is 1. The van der Waals surface area contributed by atoms with E-state index in [4.69, 9.17) is 11.6 Å². The summed E-state index contributed by atoms with van der Waals surface area (Å²) in [6.07, 6.45) is 1.76. The van der Waals surface area contributed by atoms with Crippen LogP contribution in [0.1, 0.15) is 12.6 Å². The van der Waals surface area contributed by atoms with Crippen molar-refractivity contribution in [1.82, 2.24) is 9.97 Å². The summed E-state index contributed by atoms with van der Waals surface area (Å²) in [5.74, 6) is 1.27. The van der Waals surface area contributed by atoms with Crippen LogP contribution in [0.3, 0.4) is 0 Å². The summed E-state index contributed by atoms with van der Waals surface area (Å²) in [6.45, 7) is 3.97. The molecule has 14 heavy (non-hydrogen) atoms. The third-order valence-electron chi connectivity index (χ3n) is 2.11. The van der Waals surface area contributed by atoms with Crippen molar-refractivity contribution >= 4 is 33.5 Å². The molecule has 0 aliphatic carbocycles. The van der Waals surface area contributed by atoms with Gasteiger partial charge >= 0.3 is 0 Å². The van der Waals surface area contributed by atoms with Crippen LogP contribution in [0.15, 0.2) is 10.7 Å². The molecule has 1 aromatic heterocycles. The molecular weight excluding hydrogens is 265 g/mol. The summed E-state index contributed by atoms with van der Waals surface area (Å²) in [7, 11) is 1.94. The van der Waals surface area contributed by atoms with Crippen LogP contribution in [-0.2, 0) is 0 Å². The van der Waals surface area contributed by atoms with Crippen molar-refractivity contribution in [3.05, 3.63) is 16.4 Å². The molecule has 5 heteroatoms. The predicted molar refractivity (Wildman–Crippen MR) is 63.1 cm³/mol. The fraction of sp³-hybridized carbons (Fsp3) is 0.556. The first-order valence-corrected chi connectivity index (χ1v) is 5.67. The van der Waals surface area contributed by atoms with Crippen LogP contribution in [0.2, 0.25) is 0 Å². The summed E-state index contributed by atoms with van der Waals surface area (Å²) < 4.78 is 0.924. The Morgan fingerprint density at radius 2 is 2.29 bits per heavy atom. The Bertz CT molecular complexity index is 319. The molecule has 0 aromatic carbocycles. The molecule has 1 aromatic rings. The number of halogens is 2. The van der Waals surface area contributed by atoms with E-state index in [1.54, 1.807) is 6.20 Å². The number of alkyl halides is 1. The number of nitrogens with zero attached hydrogens (tertiary/aromatic N) is 3. The second kappa shape index (κ2) is 4.94. The van der Waals surface area contributed by atoms with Gasteiger partial charge in [-0.2, -0.15) is 0 Å². The van der Waals surface area contributed by atoms with Gasteiger partial charge in [-0.05, 0) is 29.8 Å². The van der Waals surface area contributed by atoms with E-state index in [0.717, 1.165) is 10.2 Å². The normalized spacial score (nSPS) is 12.6. The summed E-state index contributed by atoms with van der Waals surface area (Å²) in [5, 5.41) is 0. The first-order chi connectivity index (χ1) is 6.56. The van der Waals surface area contributed by atoms with Crippen molar-refractivity contribution in [2.24, 2.45) is 0 Å². The fourth-order valence-corrected chi connectivity index (χ4v) is 1.31. The lowest BCUT2D eigenvalue weighted by molar-refractivity contribution is 0.732. The number of aromatic nitrogens is 2. The van der Waals surface area contributed by atoms with Crippen LogP contribution in [0, 0.1) is 6.92 Å². The molecule has 1 unspecified atom stereocenters. The second-order valence-electron chi connectivity index (χ2n) is 3.22. The molecule has 0 N–H and O–H groups in total. The number of hydrogen-bond donors (Lipinski definition) is 0. The number of anilines is 1. The van der Waals surface area contributed by atoms with Crippen molar-refractivity contribution in [2.45, 2.75) is 19.9 Å². The monoisotopic (exact) mass is 277 g/mol. The summed E-state index contributed by atoms with van der Waals surface area (Å²) in [4.78, 5) is 10.5. The minimum Gasteiger partial charge on any atom is -0.340 e. The van der Waals surface area contributed by atoms with E-state index in [0.29, 0.717) is 11.8 Å². The van der Waals surface area contributed by atoms with E-state index < -0.39 is 0 Å². The largest absolute Gasteiger partial charge is 0.340 e. The van der Waals surface area contributed by atoms with Gasteiger partial charge < -0.3 is 4.90 Å². The van der Waals surface area contributed by atoms with E-state index in [2.05, 4.69) is 25.9 Å². The maximum atomic E-state index is 5.76. The molecule has 0 saturated carbocycles. The molecule has 0 aliphatic heterocycles. The summed E-state index contributed by atoms with van der Waals surface area (Å²) in [6, 6.07) is 0.234. The lowest BCUT2D eigenvalue weighted by Crippen LogP contribution is -2.31. The molecule has 0 radical (unpaired) electrons. The van der Waals surface area contributed by atoms with Gasteiger partial charge in [-0.1, -0.05) is 0 Å². The summed E-state index contributed by atoms with van der Waals surface area (Å²) >= 11 is 9.12. The fourth-order valence-electron chi connectivity index (χ4n) is 0.911. The van der Waals surface area contributed by atoms with E-state index >= 15 is 0 Å². The van der Waals surface area contributed by atoms with Gasteiger partial charge in [-0.25, -0.2) is 9.97 Å². The molecule has 1 heterocycles. The highest BCUT2D eigenvalue weighted by Gasteiger charge is 2.11. The van der Waals surface area contributed by atoms with Crippen molar-refractivity contribution in [3.63, 3.8) is 0 Å². The van der Waals surface area contributed by atoms with Gasteiger partial charge in [0.1, 0.15) is 0 Å². The van der Waals surface area contributed by atoms with E-state index in [-0.39, 0.29) is 6.04 Å². The van der Waals surface area contributed by atoms with Gasteiger partial charge in [-0.3, -0.25) is 0 Å². The first kappa shape index (κ1) is 11.7. The molecule has 0 spiro atoms. The molecule has 0 fully saturated rings. The SMILES string of the molecule is Cc1nc(N(C)C(C)CCl)ncc1Br. The molecule has 3 nitrogen and oxygen atoms in total. The molecular formula is C9H13BrClN3.